The fourth-order valence-corrected chi connectivity index (χ4v) is 1.59. The Kier molecular flexibility index (Phi) is 8.11. The van der Waals surface area contributed by atoms with Crippen LogP contribution >= 0.6 is 12.4 Å². The molecule has 0 radical (unpaired) electrons. The zero-order valence-electron chi connectivity index (χ0n) is 11.3. The molecule has 0 fully saturated rings. The van der Waals surface area contributed by atoms with Crippen LogP contribution in [0.3, 0.4) is 0 Å². The van der Waals surface area contributed by atoms with Crippen LogP contribution in [-0.4, -0.2) is 26.6 Å². The highest BCUT2D eigenvalue weighted by Gasteiger charge is 2.11. The molecule has 0 aliphatic carbocycles. The SMILES string of the molecule is CNCCC(=O)NC(C)c1ccc(OC)c(F)c1.Cl. The average Bonchev–Trinajstić information content (AvgIpc) is 2.36. The zero-order chi connectivity index (χ0) is 13.5. The van der Waals surface area contributed by atoms with E-state index in [9.17, 15) is 9.18 Å². The lowest BCUT2D eigenvalue weighted by molar-refractivity contribution is -0.121. The standard InChI is InChI=1S/C13H19FN2O2.ClH/c1-9(16-13(17)6-7-15-2)10-4-5-12(18-3)11(14)8-10;/h4-5,8-9,15H,6-7H2,1-3H3,(H,16,17);1H. The first-order valence-electron chi connectivity index (χ1n) is 5.86. The zero-order valence-corrected chi connectivity index (χ0v) is 12.1. The minimum Gasteiger partial charge on any atom is -0.494 e. The molecule has 1 amide bonds. The number of benzene rings is 1. The summed E-state index contributed by atoms with van der Waals surface area (Å²) in [6.07, 6.45) is 0.402. The van der Waals surface area contributed by atoms with E-state index in [0.717, 1.165) is 0 Å². The molecule has 0 heterocycles. The maximum absolute atomic E-state index is 13.5. The topological polar surface area (TPSA) is 50.4 Å². The second kappa shape index (κ2) is 8.72. The molecule has 4 nitrogen and oxygen atoms in total. The summed E-state index contributed by atoms with van der Waals surface area (Å²) in [7, 11) is 3.20. The highest BCUT2D eigenvalue weighted by atomic mass is 35.5. The van der Waals surface area contributed by atoms with E-state index in [2.05, 4.69) is 10.6 Å². The van der Waals surface area contributed by atoms with Crippen molar-refractivity contribution >= 4 is 18.3 Å². The monoisotopic (exact) mass is 290 g/mol. The molecular formula is C13H20ClFN2O2. The summed E-state index contributed by atoms with van der Waals surface area (Å²) in [5, 5.41) is 5.71. The van der Waals surface area contributed by atoms with Crippen molar-refractivity contribution in [2.45, 2.75) is 19.4 Å². The van der Waals surface area contributed by atoms with E-state index in [1.54, 1.807) is 19.2 Å². The maximum atomic E-state index is 13.5. The number of amides is 1. The summed E-state index contributed by atoms with van der Waals surface area (Å²) in [6, 6.07) is 4.45. The van der Waals surface area contributed by atoms with Crippen LogP contribution in [0.15, 0.2) is 18.2 Å². The summed E-state index contributed by atoms with van der Waals surface area (Å²) in [5.41, 5.74) is 0.714. The molecule has 0 bridgehead atoms. The molecule has 0 saturated heterocycles. The summed E-state index contributed by atoms with van der Waals surface area (Å²) in [4.78, 5) is 11.5. The quantitative estimate of drug-likeness (QED) is 0.843. The molecule has 1 unspecified atom stereocenters. The van der Waals surface area contributed by atoms with Crippen molar-refractivity contribution in [1.82, 2.24) is 10.6 Å². The van der Waals surface area contributed by atoms with Crippen LogP contribution in [0.5, 0.6) is 5.75 Å². The number of carbonyl (C=O) groups excluding carboxylic acids is 1. The number of ether oxygens (including phenoxy) is 1. The van der Waals surface area contributed by atoms with Gasteiger partial charge in [-0.05, 0) is 31.7 Å². The van der Waals surface area contributed by atoms with Crippen LogP contribution in [0.1, 0.15) is 24.9 Å². The molecule has 19 heavy (non-hydrogen) atoms. The summed E-state index contributed by atoms with van der Waals surface area (Å²) >= 11 is 0. The Hall–Kier alpha value is -1.33. The highest BCUT2D eigenvalue weighted by Crippen LogP contribution is 2.21. The van der Waals surface area contributed by atoms with E-state index < -0.39 is 5.82 Å². The lowest BCUT2D eigenvalue weighted by Crippen LogP contribution is -2.29. The second-order valence-electron chi connectivity index (χ2n) is 4.04. The predicted octanol–water partition coefficient (Wildman–Crippen LogP) is 2.04. The Morgan fingerprint density at radius 1 is 1.47 bits per heavy atom. The molecule has 0 aromatic heterocycles. The van der Waals surface area contributed by atoms with E-state index in [-0.39, 0.29) is 30.1 Å². The normalized spacial score (nSPS) is 11.4. The van der Waals surface area contributed by atoms with Gasteiger partial charge in [0.05, 0.1) is 13.2 Å². The molecule has 0 aliphatic heterocycles. The first-order chi connectivity index (χ1) is 8.58. The van der Waals surface area contributed by atoms with E-state index in [4.69, 9.17) is 4.74 Å². The predicted molar refractivity (Wildman–Crippen MR) is 75.3 cm³/mol. The maximum Gasteiger partial charge on any atom is 0.221 e. The van der Waals surface area contributed by atoms with Gasteiger partial charge in [-0.1, -0.05) is 6.07 Å². The summed E-state index contributed by atoms with van der Waals surface area (Å²) in [6.45, 7) is 2.44. The van der Waals surface area contributed by atoms with Crippen LogP contribution in [0.25, 0.3) is 0 Å². The number of carbonyl (C=O) groups is 1. The lowest BCUT2D eigenvalue weighted by atomic mass is 10.1. The fraction of sp³-hybridized carbons (Fsp3) is 0.462. The molecule has 1 atom stereocenters. The van der Waals surface area contributed by atoms with Gasteiger partial charge in [-0.25, -0.2) is 4.39 Å². The van der Waals surface area contributed by atoms with Crippen molar-refractivity contribution in [3.8, 4) is 5.75 Å². The fourth-order valence-electron chi connectivity index (χ4n) is 1.59. The number of hydrogen-bond donors (Lipinski definition) is 2. The molecule has 1 aromatic carbocycles. The van der Waals surface area contributed by atoms with Gasteiger partial charge in [0.25, 0.3) is 0 Å². The first-order valence-corrected chi connectivity index (χ1v) is 5.86. The number of halogens is 2. The molecule has 0 saturated carbocycles. The molecule has 6 heteroatoms. The van der Waals surface area contributed by atoms with Crippen molar-refractivity contribution < 1.29 is 13.9 Å². The van der Waals surface area contributed by atoms with Gasteiger partial charge in [0, 0.05) is 13.0 Å². The minimum atomic E-state index is -0.425. The smallest absolute Gasteiger partial charge is 0.221 e. The van der Waals surface area contributed by atoms with Gasteiger partial charge in [0.1, 0.15) is 0 Å². The Labute approximate surface area is 119 Å². The van der Waals surface area contributed by atoms with Gasteiger partial charge in [-0.3, -0.25) is 4.79 Å². The van der Waals surface area contributed by atoms with Crippen LogP contribution in [-0.2, 0) is 4.79 Å². The summed E-state index contributed by atoms with van der Waals surface area (Å²) in [5.74, 6) is -0.285. The van der Waals surface area contributed by atoms with Crippen molar-refractivity contribution in [3.63, 3.8) is 0 Å². The van der Waals surface area contributed by atoms with Crippen LogP contribution in [0, 0.1) is 5.82 Å². The highest BCUT2D eigenvalue weighted by molar-refractivity contribution is 5.85. The van der Waals surface area contributed by atoms with E-state index >= 15 is 0 Å². The van der Waals surface area contributed by atoms with Crippen molar-refractivity contribution in [2.24, 2.45) is 0 Å². The minimum absolute atomic E-state index is 0. The van der Waals surface area contributed by atoms with Crippen molar-refractivity contribution in [2.75, 3.05) is 20.7 Å². The van der Waals surface area contributed by atoms with Crippen LogP contribution < -0.4 is 15.4 Å². The Morgan fingerprint density at radius 3 is 2.68 bits per heavy atom. The van der Waals surface area contributed by atoms with Crippen molar-refractivity contribution in [3.05, 3.63) is 29.6 Å². The average molecular weight is 291 g/mol. The molecule has 1 rings (SSSR count). The Balaban J connectivity index is 0.00000324. The van der Waals surface area contributed by atoms with E-state index in [1.165, 1.54) is 13.2 Å². The van der Waals surface area contributed by atoms with Crippen molar-refractivity contribution in [1.29, 1.82) is 0 Å². The molecular weight excluding hydrogens is 271 g/mol. The molecule has 0 aliphatic rings. The number of methoxy groups -OCH3 is 1. The molecule has 2 N–H and O–H groups in total. The molecule has 108 valence electrons. The first kappa shape index (κ1) is 17.7. The summed E-state index contributed by atoms with van der Waals surface area (Å²) < 4.78 is 18.3. The van der Waals surface area contributed by atoms with Gasteiger partial charge >= 0.3 is 0 Å². The van der Waals surface area contributed by atoms with Gasteiger partial charge < -0.3 is 15.4 Å². The molecule has 1 aromatic rings. The largest absolute Gasteiger partial charge is 0.494 e. The van der Waals surface area contributed by atoms with Crippen LogP contribution in [0.2, 0.25) is 0 Å². The number of hydrogen-bond acceptors (Lipinski definition) is 3. The third-order valence-electron chi connectivity index (χ3n) is 2.66. The van der Waals surface area contributed by atoms with Gasteiger partial charge in [0.15, 0.2) is 11.6 Å². The van der Waals surface area contributed by atoms with Gasteiger partial charge in [0.2, 0.25) is 5.91 Å². The Bertz CT molecular complexity index is 416. The Morgan fingerprint density at radius 2 is 2.16 bits per heavy atom. The van der Waals surface area contributed by atoms with Gasteiger partial charge in [-0.2, -0.15) is 0 Å². The molecule has 0 spiro atoms. The number of nitrogens with one attached hydrogen (secondary N) is 2. The van der Waals surface area contributed by atoms with E-state index in [1.807, 2.05) is 6.92 Å². The van der Waals surface area contributed by atoms with Crippen LogP contribution in [0.4, 0.5) is 4.39 Å². The van der Waals surface area contributed by atoms with Gasteiger partial charge in [-0.15, -0.1) is 12.4 Å². The van der Waals surface area contributed by atoms with E-state index in [0.29, 0.717) is 18.5 Å². The third-order valence-corrected chi connectivity index (χ3v) is 2.66. The number of rotatable bonds is 6. The lowest BCUT2D eigenvalue weighted by Gasteiger charge is -2.15. The second-order valence-corrected chi connectivity index (χ2v) is 4.04. The third kappa shape index (κ3) is 5.44.